The summed E-state index contributed by atoms with van der Waals surface area (Å²) in [6, 6.07) is 0.299. The molecule has 0 aromatic heterocycles. The van der Waals surface area contributed by atoms with Crippen LogP contribution in [0.5, 0.6) is 0 Å². The molecule has 0 heterocycles. The summed E-state index contributed by atoms with van der Waals surface area (Å²) in [5.74, 6) is 2.45. The maximum absolute atomic E-state index is 11.4. The maximum atomic E-state index is 11.4. The van der Waals surface area contributed by atoms with Gasteiger partial charge >= 0.3 is 5.97 Å². The van der Waals surface area contributed by atoms with E-state index in [9.17, 15) is 4.79 Å². The Balaban J connectivity index is 3.73. The zero-order valence-corrected chi connectivity index (χ0v) is 10.8. The average molecular weight is 225 g/mol. The molecule has 0 rings (SSSR count). The lowest BCUT2D eigenvalue weighted by Crippen LogP contribution is -2.32. The van der Waals surface area contributed by atoms with Crippen molar-refractivity contribution in [3.05, 3.63) is 0 Å². The maximum Gasteiger partial charge on any atom is 0.307 e. The summed E-state index contributed by atoms with van der Waals surface area (Å²) >= 11 is 0. The van der Waals surface area contributed by atoms with Gasteiger partial charge in [-0.2, -0.15) is 0 Å². The van der Waals surface area contributed by atoms with Crippen LogP contribution >= 0.6 is 0 Å². The lowest BCUT2D eigenvalue weighted by molar-refractivity contribution is -0.154. The van der Waals surface area contributed by atoms with Crippen LogP contribution in [0, 0.1) is 12.3 Å². The van der Waals surface area contributed by atoms with Crippen LogP contribution in [0.1, 0.15) is 47.0 Å². The van der Waals surface area contributed by atoms with Gasteiger partial charge < -0.3 is 10.1 Å². The number of terminal acetylenes is 1. The molecule has 0 radical (unpaired) electrons. The van der Waals surface area contributed by atoms with Gasteiger partial charge in [-0.15, -0.1) is 12.3 Å². The van der Waals surface area contributed by atoms with E-state index >= 15 is 0 Å². The molecule has 16 heavy (non-hydrogen) atoms. The molecule has 3 heteroatoms. The van der Waals surface area contributed by atoms with Gasteiger partial charge in [0, 0.05) is 19.0 Å². The molecule has 0 bridgehead atoms. The predicted molar refractivity (Wildman–Crippen MR) is 66.0 cm³/mol. The molecule has 3 nitrogen and oxygen atoms in total. The summed E-state index contributed by atoms with van der Waals surface area (Å²) in [5.41, 5.74) is -0.403. The molecule has 0 spiro atoms. The minimum Gasteiger partial charge on any atom is -0.460 e. The Hall–Kier alpha value is -1.01. The molecular formula is C13H23NO2. The van der Waals surface area contributed by atoms with Gasteiger partial charge in [-0.25, -0.2) is 0 Å². The first-order chi connectivity index (χ1) is 7.39. The van der Waals surface area contributed by atoms with E-state index in [4.69, 9.17) is 11.2 Å². The van der Waals surface area contributed by atoms with E-state index < -0.39 is 5.60 Å². The molecule has 1 atom stereocenters. The number of carbonyl (C=O) groups excluding carboxylic acids is 1. The van der Waals surface area contributed by atoms with E-state index in [-0.39, 0.29) is 5.97 Å². The third-order valence-electron chi connectivity index (χ3n) is 2.04. The normalized spacial score (nSPS) is 12.9. The number of esters is 1. The standard InChI is InChI=1S/C13H23NO2/c1-6-8-11(7-2)14-10-9-12(15)16-13(3,4)5/h1,11,14H,7-10H2,2-5H3. The van der Waals surface area contributed by atoms with Crippen LogP contribution in [0.3, 0.4) is 0 Å². The quantitative estimate of drug-likeness (QED) is 0.556. The molecule has 0 amide bonds. The minimum absolute atomic E-state index is 0.171. The first-order valence-electron chi connectivity index (χ1n) is 5.77. The van der Waals surface area contributed by atoms with Crippen molar-refractivity contribution in [1.29, 1.82) is 0 Å². The second-order valence-electron chi connectivity index (χ2n) is 4.80. The van der Waals surface area contributed by atoms with E-state index in [0.717, 1.165) is 6.42 Å². The van der Waals surface area contributed by atoms with Crippen molar-refractivity contribution in [2.45, 2.75) is 58.6 Å². The fourth-order valence-electron chi connectivity index (χ4n) is 1.27. The van der Waals surface area contributed by atoms with Gasteiger partial charge in [0.05, 0.1) is 6.42 Å². The number of rotatable bonds is 6. The topological polar surface area (TPSA) is 38.3 Å². The second kappa shape index (κ2) is 7.29. The zero-order valence-electron chi connectivity index (χ0n) is 10.8. The molecule has 0 saturated heterocycles. The van der Waals surface area contributed by atoms with E-state index in [2.05, 4.69) is 18.2 Å². The molecule has 92 valence electrons. The molecule has 1 unspecified atom stereocenters. The smallest absolute Gasteiger partial charge is 0.307 e. The van der Waals surface area contributed by atoms with Gasteiger partial charge in [-0.1, -0.05) is 6.92 Å². The van der Waals surface area contributed by atoms with Crippen LogP contribution in [0.2, 0.25) is 0 Å². The minimum atomic E-state index is -0.403. The summed E-state index contributed by atoms with van der Waals surface area (Å²) in [4.78, 5) is 11.4. The molecule has 0 aromatic rings. The molecule has 0 saturated carbocycles. The summed E-state index contributed by atoms with van der Waals surface area (Å²) < 4.78 is 5.19. The molecule has 0 aliphatic heterocycles. The number of hydrogen-bond acceptors (Lipinski definition) is 3. The highest BCUT2D eigenvalue weighted by Crippen LogP contribution is 2.07. The van der Waals surface area contributed by atoms with Crippen molar-refractivity contribution in [3.63, 3.8) is 0 Å². The monoisotopic (exact) mass is 225 g/mol. The van der Waals surface area contributed by atoms with Gasteiger partial charge in [0.15, 0.2) is 0 Å². The van der Waals surface area contributed by atoms with E-state index in [1.54, 1.807) is 0 Å². The molecular weight excluding hydrogens is 202 g/mol. The SMILES string of the molecule is C#CCC(CC)NCCC(=O)OC(C)(C)C. The largest absolute Gasteiger partial charge is 0.460 e. The average Bonchev–Trinajstić information content (AvgIpc) is 2.13. The van der Waals surface area contributed by atoms with Gasteiger partial charge in [-0.05, 0) is 27.2 Å². The highest BCUT2D eigenvalue weighted by Gasteiger charge is 2.15. The molecule has 1 N–H and O–H groups in total. The Morgan fingerprint density at radius 2 is 2.12 bits per heavy atom. The molecule has 0 fully saturated rings. The zero-order chi connectivity index (χ0) is 12.6. The van der Waals surface area contributed by atoms with Crippen molar-refractivity contribution in [3.8, 4) is 12.3 Å². The Labute approximate surface area is 98.9 Å². The highest BCUT2D eigenvalue weighted by atomic mass is 16.6. The van der Waals surface area contributed by atoms with Crippen molar-refractivity contribution >= 4 is 5.97 Å². The summed E-state index contributed by atoms with van der Waals surface area (Å²) in [6.45, 7) is 8.29. The number of ether oxygens (including phenoxy) is 1. The van der Waals surface area contributed by atoms with Crippen LogP contribution in [0.15, 0.2) is 0 Å². The van der Waals surface area contributed by atoms with Gasteiger partial charge in [0.2, 0.25) is 0 Å². The Morgan fingerprint density at radius 1 is 1.50 bits per heavy atom. The fourth-order valence-corrected chi connectivity index (χ4v) is 1.27. The Bertz CT molecular complexity index is 248. The number of carbonyl (C=O) groups is 1. The van der Waals surface area contributed by atoms with Crippen LogP contribution < -0.4 is 5.32 Å². The van der Waals surface area contributed by atoms with E-state index in [1.165, 1.54) is 0 Å². The van der Waals surface area contributed by atoms with Crippen molar-refractivity contribution in [2.24, 2.45) is 0 Å². The van der Waals surface area contributed by atoms with Crippen molar-refractivity contribution < 1.29 is 9.53 Å². The molecule has 0 aliphatic rings. The van der Waals surface area contributed by atoms with Gasteiger partial charge in [0.25, 0.3) is 0 Å². The number of hydrogen-bond donors (Lipinski definition) is 1. The first-order valence-corrected chi connectivity index (χ1v) is 5.77. The third kappa shape index (κ3) is 8.31. The van der Waals surface area contributed by atoms with Crippen LogP contribution in [-0.4, -0.2) is 24.2 Å². The van der Waals surface area contributed by atoms with Crippen LogP contribution in [0.25, 0.3) is 0 Å². The second-order valence-corrected chi connectivity index (χ2v) is 4.80. The van der Waals surface area contributed by atoms with E-state index in [1.807, 2.05) is 20.8 Å². The Kier molecular flexibility index (Phi) is 6.83. The lowest BCUT2D eigenvalue weighted by Gasteiger charge is -2.20. The van der Waals surface area contributed by atoms with Crippen LogP contribution in [-0.2, 0) is 9.53 Å². The lowest BCUT2D eigenvalue weighted by atomic mass is 10.1. The predicted octanol–water partition coefficient (Wildman–Crippen LogP) is 2.11. The summed E-state index contributed by atoms with van der Waals surface area (Å²) in [6.07, 6.45) is 7.30. The number of nitrogens with one attached hydrogen (secondary N) is 1. The van der Waals surface area contributed by atoms with Crippen molar-refractivity contribution in [2.75, 3.05) is 6.54 Å². The van der Waals surface area contributed by atoms with E-state index in [0.29, 0.717) is 25.4 Å². The fraction of sp³-hybridized carbons (Fsp3) is 0.769. The van der Waals surface area contributed by atoms with Crippen molar-refractivity contribution in [1.82, 2.24) is 5.32 Å². The van der Waals surface area contributed by atoms with Gasteiger partial charge in [0.1, 0.15) is 5.60 Å². The van der Waals surface area contributed by atoms with Gasteiger partial charge in [-0.3, -0.25) is 4.79 Å². The highest BCUT2D eigenvalue weighted by molar-refractivity contribution is 5.70. The third-order valence-corrected chi connectivity index (χ3v) is 2.04. The first kappa shape index (κ1) is 15.0. The summed E-state index contributed by atoms with van der Waals surface area (Å²) in [5, 5.41) is 3.24. The summed E-state index contributed by atoms with van der Waals surface area (Å²) in [7, 11) is 0. The molecule has 0 aromatic carbocycles. The molecule has 0 aliphatic carbocycles. The Morgan fingerprint density at radius 3 is 2.56 bits per heavy atom. The van der Waals surface area contributed by atoms with Crippen LogP contribution in [0.4, 0.5) is 0 Å².